The van der Waals surface area contributed by atoms with Crippen molar-refractivity contribution >= 4 is 27.3 Å². The second kappa shape index (κ2) is 10.5. The Morgan fingerprint density at radius 3 is 2.42 bits per heavy atom. The predicted molar refractivity (Wildman–Crippen MR) is 129 cm³/mol. The highest BCUT2D eigenvalue weighted by molar-refractivity contribution is 7.88. The molecule has 1 aliphatic rings. The molecule has 0 radical (unpaired) electrons. The maximum Gasteiger partial charge on any atom is 0.228 e. The fourth-order valence-electron chi connectivity index (χ4n) is 3.63. The standard InChI is InChI=1S/C24H27N3O4S2/c1-19-7-9-22(10-8-19)31-16-23-25-21(17-32-23)15-24(28)26-11-13-27(14-12-26)33(29,30)18-20-5-3-2-4-6-20/h2-10,17H,11-16,18H2,1H3. The minimum Gasteiger partial charge on any atom is -0.486 e. The maximum absolute atomic E-state index is 12.7. The predicted octanol–water partition coefficient (Wildman–Crippen LogP) is 3.25. The molecule has 1 fully saturated rings. The van der Waals surface area contributed by atoms with E-state index in [1.54, 1.807) is 4.90 Å². The van der Waals surface area contributed by atoms with Crippen LogP contribution in [0.15, 0.2) is 60.0 Å². The van der Waals surface area contributed by atoms with Gasteiger partial charge in [0.2, 0.25) is 15.9 Å². The van der Waals surface area contributed by atoms with Gasteiger partial charge >= 0.3 is 0 Å². The SMILES string of the molecule is Cc1ccc(OCc2nc(CC(=O)N3CCN(S(=O)(=O)Cc4ccccc4)CC3)cs2)cc1. The quantitative estimate of drug-likeness (QED) is 0.489. The number of hydrogen-bond donors (Lipinski definition) is 0. The summed E-state index contributed by atoms with van der Waals surface area (Å²) in [5.41, 5.74) is 2.65. The van der Waals surface area contributed by atoms with Crippen LogP contribution in [-0.2, 0) is 33.6 Å². The first-order valence-electron chi connectivity index (χ1n) is 10.8. The lowest BCUT2D eigenvalue weighted by Gasteiger charge is -2.34. The summed E-state index contributed by atoms with van der Waals surface area (Å²) in [6, 6.07) is 17.0. The molecule has 1 aromatic heterocycles. The lowest BCUT2D eigenvalue weighted by molar-refractivity contribution is -0.131. The average molecular weight is 486 g/mol. The first-order valence-corrected chi connectivity index (χ1v) is 13.3. The van der Waals surface area contributed by atoms with E-state index in [2.05, 4.69) is 4.98 Å². The van der Waals surface area contributed by atoms with E-state index in [4.69, 9.17) is 4.74 Å². The number of thiazole rings is 1. The van der Waals surface area contributed by atoms with E-state index < -0.39 is 10.0 Å². The highest BCUT2D eigenvalue weighted by atomic mass is 32.2. The molecule has 33 heavy (non-hydrogen) atoms. The molecule has 0 saturated carbocycles. The first-order chi connectivity index (χ1) is 15.9. The van der Waals surface area contributed by atoms with Gasteiger partial charge in [-0.2, -0.15) is 4.31 Å². The molecule has 0 aliphatic carbocycles. The molecule has 2 aromatic carbocycles. The summed E-state index contributed by atoms with van der Waals surface area (Å²) in [6.45, 7) is 3.79. The van der Waals surface area contributed by atoms with Gasteiger partial charge in [0.25, 0.3) is 0 Å². The molecule has 0 spiro atoms. The third kappa shape index (κ3) is 6.40. The molecular formula is C24H27N3O4S2. The van der Waals surface area contributed by atoms with Crippen LogP contribution < -0.4 is 4.74 Å². The number of hydrogen-bond acceptors (Lipinski definition) is 6. The molecule has 1 aliphatic heterocycles. The molecule has 1 amide bonds. The van der Waals surface area contributed by atoms with Crippen molar-refractivity contribution < 1.29 is 17.9 Å². The number of carbonyl (C=O) groups is 1. The van der Waals surface area contributed by atoms with Gasteiger partial charge in [0.15, 0.2) is 0 Å². The summed E-state index contributed by atoms with van der Waals surface area (Å²) < 4.78 is 32.7. The molecule has 0 unspecified atom stereocenters. The Morgan fingerprint density at radius 2 is 1.73 bits per heavy atom. The molecule has 0 bridgehead atoms. The Labute approximate surface area is 198 Å². The van der Waals surface area contributed by atoms with Crippen molar-refractivity contribution in [2.75, 3.05) is 26.2 Å². The summed E-state index contributed by atoms with van der Waals surface area (Å²) in [6.07, 6.45) is 0.206. The number of sulfonamides is 1. The zero-order valence-corrected chi connectivity index (χ0v) is 20.1. The number of benzene rings is 2. The molecule has 1 saturated heterocycles. The Hall–Kier alpha value is -2.75. The van der Waals surface area contributed by atoms with E-state index in [0.29, 0.717) is 38.5 Å². The summed E-state index contributed by atoms with van der Waals surface area (Å²) in [5, 5.41) is 2.70. The van der Waals surface area contributed by atoms with Crippen LogP contribution in [0.3, 0.4) is 0 Å². The van der Waals surface area contributed by atoms with Gasteiger partial charge in [-0.3, -0.25) is 4.79 Å². The van der Waals surface area contributed by atoms with Crippen LogP contribution in [0.4, 0.5) is 0 Å². The first kappa shape index (κ1) is 23.4. The fourth-order valence-corrected chi connectivity index (χ4v) is 5.86. The van der Waals surface area contributed by atoms with Crippen LogP contribution >= 0.6 is 11.3 Å². The number of aryl methyl sites for hydroxylation is 1. The Kier molecular flexibility index (Phi) is 7.42. The normalized spacial score (nSPS) is 14.9. The van der Waals surface area contributed by atoms with Crippen LogP contribution in [0.1, 0.15) is 21.8 Å². The van der Waals surface area contributed by atoms with E-state index in [-0.39, 0.29) is 18.1 Å². The molecule has 174 valence electrons. The van der Waals surface area contributed by atoms with Gasteiger partial charge in [0, 0.05) is 31.6 Å². The smallest absolute Gasteiger partial charge is 0.228 e. The third-order valence-corrected chi connectivity index (χ3v) is 8.21. The zero-order chi connectivity index (χ0) is 23.3. The highest BCUT2D eigenvalue weighted by Gasteiger charge is 2.29. The van der Waals surface area contributed by atoms with Crippen molar-refractivity contribution in [1.82, 2.24) is 14.2 Å². The van der Waals surface area contributed by atoms with Crippen molar-refractivity contribution in [3.8, 4) is 5.75 Å². The van der Waals surface area contributed by atoms with E-state index in [9.17, 15) is 13.2 Å². The lowest BCUT2D eigenvalue weighted by atomic mass is 10.2. The molecular weight excluding hydrogens is 458 g/mol. The Morgan fingerprint density at radius 1 is 1.03 bits per heavy atom. The topological polar surface area (TPSA) is 79.8 Å². The van der Waals surface area contributed by atoms with E-state index in [1.807, 2.05) is 66.9 Å². The zero-order valence-electron chi connectivity index (χ0n) is 18.5. The van der Waals surface area contributed by atoms with Gasteiger partial charge in [-0.05, 0) is 24.6 Å². The van der Waals surface area contributed by atoms with E-state index >= 15 is 0 Å². The van der Waals surface area contributed by atoms with Gasteiger partial charge < -0.3 is 9.64 Å². The second-order valence-corrected chi connectivity index (χ2v) is 10.9. The highest BCUT2D eigenvalue weighted by Crippen LogP contribution is 2.18. The molecule has 4 rings (SSSR count). The number of aromatic nitrogens is 1. The molecule has 0 atom stereocenters. The summed E-state index contributed by atoms with van der Waals surface area (Å²) >= 11 is 1.47. The van der Waals surface area contributed by atoms with Crippen molar-refractivity contribution in [2.24, 2.45) is 0 Å². The van der Waals surface area contributed by atoms with Gasteiger partial charge in [-0.1, -0.05) is 48.0 Å². The average Bonchev–Trinajstić information content (AvgIpc) is 3.26. The molecule has 2 heterocycles. The molecule has 3 aromatic rings. The van der Waals surface area contributed by atoms with Crippen molar-refractivity contribution in [2.45, 2.75) is 25.7 Å². The third-order valence-electron chi connectivity index (χ3n) is 5.49. The maximum atomic E-state index is 12.7. The number of carbonyl (C=O) groups excluding carboxylic acids is 1. The number of piperazine rings is 1. The van der Waals surface area contributed by atoms with E-state index in [0.717, 1.165) is 16.3 Å². The minimum atomic E-state index is -3.40. The van der Waals surface area contributed by atoms with Gasteiger partial charge in [-0.15, -0.1) is 11.3 Å². The van der Waals surface area contributed by atoms with Crippen molar-refractivity contribution in [3.63, 3.8) is 0 Å². The summed E-state index contributed by atoms with van der Waals surface area (Å²) in [5.74, 6) is 0.730. The fraction of sp³-hybridized carbons (Fsp3) is 0.333. The van der Waals surface area contributed by atoms with Crippen LogP contribution in [0, 0.1) is 6.92 Å². The van der Waals surface area contributed by atoms with Gasteiger partial charge in [-0.25, -0.2) is 13.4 Å². The Bertz CT molecular complexity index is 1170. The van der Waals surface area contributed by atoms with Crippen LogP contribution in [0.2, 0.25) is 0 Å². The summed E-state index contributed by atoms with van der Waals surface area (Å²) in [7, 11) is -3.40. The second-order valence-electron chi connectivity index (χ2n) is 8.03. The Balaban J connectivity index is 1.25. The number of ether oxygens (including phenoxy) is 1. The van der Waals surface area contributed by atoms with Crippen LogP contribution in [-0.4, -0.2) is 54.7 Å². The number of rotatable bonds is 8. The van der Waals surface area contributed by atoms with Crippen molar-refractivity contribution in [1.29, 1.82) is 0 Å². The summed E-state index contributed by atoms with van der Waals surface area (Å²) in [4.78, 5) is 19.0. The molecule has 9 heteroatoms. The molecule has 0 N–H and O–H groups in total. The van der Waals surface area contributed by atoms with E-state index in [1.165, 1.54) is 21.2 Å². The number of amides is 1. The monoisotopic (exact) mass is 485 g/mol. The molecule has 7 nitrogen and oxygen atoms in total. The van der Waals surface area contributed by atoms with Crippen LogP contribution in [0.5, 0.6) is 5.75 Å². The van der Waals surface area contributed by atoms with Gasteiger partial charge in [0.05, 0.1) is 17.9 Å². The lowest BCUT2D eigenvalue weighted by Crippen LogP contribution is -2.51. The number of nitrogens with zero attached hydrogens (tertiary/aromatic N) is 3. The largest absolute Gasteiger partial charge is 0.486 e. The van der Waals surface area contributed by atoms with Gasteiger partial charge in [0.1, 0.15) is 17.4 Å². The van der Waals surface area contributed by atoms with Crippen LogP contribution in [0.25, 0.3) is 0 Å². The van der Waals surface area contributed by atoms with Crippen molar-refractivity contribution in [3.05, 3.63) is 81.8 Å². The minimum absolute atomic E-state index is 0.0198.